The molecular formula is C35H66O4. The Labute approximate surface area is 243 Å². The highest BCUT2D eigenvalue weighted by Gasteiger charge is 2.09. The molecule has 0 fully saturated rings. The lowest BCUT2D eigenvalue weighted by Gasteiger charge is -2.13. The van der Waals surface area contributed by atoms with Crippen LogP contribution in [0.4, 0.5) is 0 Å². The van der Waals surface area contributed by atoms with Crippen molar-refractivity contribution in [3.8, 4) is 0 Å². The van der Waals surface area contributed by atoms with E-state index in [9.17, 15) is 9.59 Å². The maximum absolute atomic E-state index is 12.1. The fraction of sp³-hybridized carbons (Fsp3) is 0.886. The van der Waals surface area contributed by atoms with Crippen LogP contribution in [-0.4, -0.2) is 23.1 Å². The minimum absolute atomic E-state index is 0.0152. The predicted molar refractivity (Wildman–Crippen MR) is 167 cm³/mol. The zero-order valence-corrected chi connectivity index (χ0v) is 26.2. The van der Waals surface area contributed by atoms with Gasteiger partial charge in [-0.3, -0.25) is 9.59 Å². The van der Waals surface area contributed by atoms with Crippen molar-refractivity contribution in [1.29, 1.82) is 0 Å². The van der Waals surface area contributed by atoms with E-state index in [1.54, 1.807) is 0 Å². The lowest BCUT2D eigenvalue weighted by atomic mass is 10.0. The third kappa shape index (κ3) is 32.8. The van der Waals surface area contributed by atoms with Crippen molar-refractivity contribution in [3.05, 3.63) is 12.2 Å². The second-order valence-corrected chi connectivity index (χ2v) is 11.8. The molecule has 230 valence electrons. The van der Waals surface area contributed by atoms with Crippen LogP contribution < -0.4 is 0 Å². The minimum Gasteiger partial charge on any atom is -0.481 e. The molecule has 4 heteroatoms. The van der Waals surface area contributed by atoms with E-state index in [-0.39, 0.29) is 12.1 Å². The normalized spacial score (nSPS) is 12.3. The molecule has 0 radical (unpaired) electrons. The van der Waals surface area contributed by atoms with E-state index in [0.717, 1.165) is 44.9 Å². The molecule has 0 aliphatic rings. The van der Waals surface area contributed by atoms with Gasteiger partial charge in [0.1, 0.15) is 0 Å². The highest BCUT2D eigenvalue weighted by atomic mass is 16.5. The number of esters is 1. The van der Waals surface area contributed by atoms with Gasteiger partial charge in [0, 0.05) is 12.8 Å². The van der Waals surface area contributed by atoms with E-state index in [0.29, 0.717) is 12.8 Å². The summed E-state index contributed by atoms with van der Waals surface area (Å²) in [5.41, 5.74) is 0. The van der Waals surface area contributed by atoms with Gasteiger partial charge in [-0.25, -0.2) is 0 Å². The van der Waals surface area contributed by atoms with E-state index in [4.69, 9.17) is 9.84 Å². The summed E-state index contributed by atoms with van der Waals surface area (Å²) in [4.78, 5) is 22.6. The maximum Gasteiger partial charge on any atom is 0.306 e. The number of aliphatic carboxylic acids is 1. The van der Waals surface area contributed by atoms with Gasteiger partial charge in [0.25, 0.3) is 0 Å². The molecule has 0 aromatic rings. The monoisotopic (exact) mass is 550 g/mol. The highest BCUT2D eigenvalue weighted by Crippen LogP contribution is 2.15. The number of carbonyl (C=O) groups excluding carboxylic acids is 1. The lowest BCUT2D eigenvalue weighted by Crippen LogP contribution is -2.14. The van der Waals surface area contributed by atoms with Gasteiger partial charge in [0.2, 0.25) is 0 Å². The number of rotatable bonds is 31. The molecule has 4 nitrogen and oxygen atoms in total. The van der Waals surface area contributed by atoms with Gasteiger partial charge in [-0.05, 0) is 58.3 Å². The fourth-order valence-corrected chi connectivity index (χ4v) is 5.16. The van der Waals surface area contributed by atoms with Crippen molar-refractivity contribution in [1.82, 2.24) is 0 Å². The largest absolute Gasteiger partial charge is 0.481 e. The summed E-state index contributed by atoms with van der Waals surface area (Å²) < 4.78 is 5.60. The molecule has 0 aromatic carbocycles. The molecule has 0 saturated heterocycles. The van der Waals surface area contributed by atoms with Crippen molar-refractivity contribution in [3.63, 3.8) is 0 Å². The molecule has 0 spiro atoms. The Morgan fingerprint density at radius 2 is 0.949 bits per heavy atom. The van der Waals surface area contributed by atoms with E-state index in [1.807, 2.05) is 6.92 Å². The number of unbranched alkanes of at least 4 members (excludes halogenated alkanes) is 22. The zero-order chi connectivity index (χ0) is 28.7. The first kappa shape index (κ1) is 37.7. The molecule has 1 N–H and O–H groups in total. The average molecular weight is 551 g/mol. The molecule has 1 atom stereocenters. The minimum atomic E-state index is -0.678. The van der Waals surface area contributed by atoms with Gasteiger partial charge in [-0.15, -0.1) is 0 Å². The number of hydrogen-bond acceptors (Lipinski definition) is 3. The van der Waals surface area contributed by atoms with Crippen LogP contribution in [-0.2, 0) is 14.3 Å². The van der Waals surface area contributed by atoms with Gasteiger partial charge in [0.15, 0.2) is 0 Å². The van der Waals surface area contributed by atoms with Crippen LogP contribution in [0.1, 0.15) is 194 Å². The Kier molecular flexibility index (Phi) is 30.2. The van der Waals surface area contributed by atoms with E-state index < -0.39 is 5.97 Å². The molecule has 0 rings (SSSR count). The molecule has 0 heterocycles. The summed E-state index contributed by atoms with van der Waals surface area (Å²) in [6.45, 7) is 4.31. The second-order valence-electron chi connectivity index (χ2n) is 11.8. The SMILES string of the molecule is CCCCCCCC/C=C\CCCCCCCCCC(=O)OC(C)CCCCCCCCCCCCC(=O)O. The van der Waals surface area contributed by atoms with Crippen LogP contribution in [0.5, 0.6) is 0 Å². The van der Waals surface area contributed by atoms with E-state index >= 15 is 0 Å². The van der Waals surface area contributed by atoms with Crippen molar-refractivity contribution in [2.24, 2.45) is 0 Å². The van der Waals surface area contributed by atoms with E-state index in [2.05, 4.69) is 19.1 Å². The van der Waals surface area contributed by atoms with Crippen LogP contribution >= 0.6 is 0 Å². The number of carboxylic acids is 1. The fourth-order valence-electron chi connectivity index (χ4n) is 5.16. The topological polar surface area (TPSA) is 63.6 Å². The molecule has 1 unspecified atom stereocenters. The number of ether oxygens (including phenoxy) is 1. The molecule has 0 aromatic heterocycles. The van der Waals surface area contributed by atoms with Gasteiger partial charge in [0.05, 0.1) is 6.10 Å². The number of carboxylic acid groups (broad SMARTS) is 1. The predicted octanol–water partition coefficient (Wildman–Crippen LogP) is 11.5. The lowest BCUT2D eigenvalue weighted by molar-refractivity contribution is -0.148. The third-order valence-electron chi connectivity index (χ3n) is 7.73. The third-order valence-corrected chi connectivity index (χ3v) is 7.73. The van der Waals surface area contributed by atoms with Gasteiger partial charge >= 0.3 is 11.9 Å². The first-order valence-corrected chi connectivity index (χ1v) is 17.1. The van der Waals surface area contributed by atoms with E-state index in [1.165, 1.54) is 122 Å². The number of allylic oxidation sites excluding steroid dienone is 2. The van der Waals surface area contributed by atoms with Crippen LogP contribution in [0.25, 0.3) is 0 Å². The Morgan fingerprint density at radius 1 is 0.564 bits per heavy atom. The summed E-state index contributed by atoms with van der Waals surface area (Å²) in [5.74, 6) is -0.693. The van der Waals surface area contributed by atoms with Gasteiger partial charge in [-0.2, -0.15) is 0 Å². The molecule has 0 bridgehead atoms. The van der Waals surface area contributed by atoms with Crippen LogP contribution in [0.15, 0.2) is 12.2 Å². The van der Waals surface area contributed by atoms with Crippen molar-refractivity contribution in [2.45, 2.75) is 200 Å². The van der Waals surface area contributed by atoms with Gasteiger partial charge < -0.3 is 9.84 Å². The summed E-state index contributed by atoms with van der Waals surface area (Å²) in [6, 6.07) is 0. The smallest absolute Gasteiger partial charge is 0.306 e. The van der Waals surface area contributed by atoms with Gasteiger partial charge in [-0.1, -0.05) is 135 Å². The first-order chi connectivity index (χ1) is 19.1. The Balaban J connectivity index is 3.32. The number of carbonyl (C=O) groups is 2. The van der Waals surface area contributed by atoms with Crippen molar-refractivity contribution in [2.75, 3.05) is 0 Å². The first-order valence-electron chi connectivity index (χ1n) is 17.1. The average Bonchev–Trinajstić information content (AvgIpc) is 2.90. The molecule has 0 aliphatic carbocycles. The Hall–Kier alpha value is -1.32. The molecule has 0 saturated carbocycles. The molecular weight excluding hydrogens is 484 g/mol. The van der Waals surface area contributed by atoms with Crippen LogP contribution in [0, 0.1) is 0 Å². The zero-order valence-electron chi connectivity index (χ0n) is 26.2. The maximum atomic E-state index is 12.1. The molecule has 0 amide bonds. The molecule has 0 aliphatic heterocycles. The summed E-state index contributed by atoms with van der Waals surface area (Å²) in [5, 5.41) is 8.63. The summed E-state index contributed by atoms with van der Waals surface area (Å²) in [6.07, 6.45) is 37.8. The Bertz CT molecular complexity index is 557. The standard InChI is InChI=1S/C35H66O4/c1-3-4-5-6-7-8-9-10-11-12-13-14-15-20-23-26-29-32-35(38)39-33(2)30-27-24-21-18-16-17-19-22-25-28-31-34(36)37/h10-11,33H,3-9,12-32H2,1-2H3,(H,36,37)/b11-10-. The summed E-state index contributed by atoms with van der Waals surface area (Å²) >= 11 is 0. The highest BCUT2D eigenvalue weighted by molar-refractivity contribution is 5.69. The second kappa shape index (κ2) is 31.2. The Morgan fingerprint density at radius 3 is 1.41 bits per heavy atom. The number of hydrogen-bond donors (Lipinski definition) is 1. The van der Waals surface area contributed by atoms with Crippen LogP contribution in [0.2, 0.25) is 0 Å². The molecule has 39 heavy (non-hydrogen) atoms. The summed E-state index contributed by atoms with van der Waals surface area (Å²) in [7, 11) is 0. The van der Waals surface area contributed by atoms with Crippen molar-refractivity contribution < 1.29 is 19.4 Å². The quantitative estimate of drug-likeness (QED) is 0.0529. The van der Waals surface area contributed by atoms with Crippen molar-refractivity contribution >= 4 is 11.9 Å². The van der Waals surface area contributed by atoms with Crippen LogP contribution in [0.3, 0.4) is 0 Å².